The number of aliphatic hydroxyl groups is 2. The number of nitrogens with one attached hydrogen (secondary N) is 1. The topological polar surface area (TPSA) is 157 Å². The minimum absolute atomic E-state index is 0.0604. The molecule has 0 saturated carbocycles. The Bertz CT molecular complexity index is 1830. The second-order valence-corrected chi connectivity index (χ2v) is 13.0. The van der Waals surface area contributed by atoms with Gasteiger partial charge in [-0.05, 0) is 66.3 Å². The molecule has 12 heteroatoms. The summed E-state index contributed by atoms with van der Waals surface area (Å²) in [5, 5.41) is 41.4. The van der Waals surface area contributed by atoms with Gasteiger partial charge in [0.2, 0.25) is 0 Å². The summed E-state index contributed by atoms with van der Waals surface area (Å²) in [4.78, 5) is 17.3. The first-order valence-corrected chi connectivity index (χ1v) is 17.3. The molecule has 0 spiro atoms. The molecule has 1 aromatic heterocycles. The van der Waals surface area contributed by atoms with Crippen LogP contribution in [0.25, 0.3) is 11.1 Å². The van der Waals surface area contributed by atoms with Crippen molar-refractivity contribution in [3.8, 4) is 34.4 Å². The van der Waals surface area contributed by atoms with Crippen molar-refractivity contribution in [3.05, 3.63) is 106 Å². The summed E-state index contributed by atoms with van der Waals surface area (Å²) < 4.78 is 18.5. The van der Waals surface area contributed by atoms with Gasteiger partial charge in [-0.3, -0.25) is 9.78 Å². The molecule has 1 aliphatic heterocycles. The summed E-state index contributed by atoms with van der Waals surface area (Å²) in [5.74, 6) is 0.595. The highest BCUT2D eigenvalue weighted by molar-refractivity contribution is 6.32. The molecule has 1 aliphatic rings. The first-order chi connectivity index (χ1) is 24.7. The number of rotatable bonds is 18. The number of benzene rings is 3. The number of aliphatic hydroxyl groups excluding tert-OH is 2. The highest BCUT2D eigenvalue weighted by Crippen LogP contribution is 2.35. The van der Waals surface area contributed by atoms with E-state index in [1.165, 1.54) is 6.20 Å². The molecule has 1 fully saturated rings. The van der Waals surface area contributed by atoms with Gasteiger partial charge in [0.05, 0.1) is 35.8 Å². The molecule has 51 heavy (non-hydrogen) atoms. The lowest BCUT2D eigenvalue weighted by Crippen LogP contribution is -2.28. The largest absolute Gasteiger partial charge is 0.494 e. The van der Waals surface area contributed by atoms with Crippen LogP contribution < -0.4 is 19.5 Å². The number of carbonyl (C=O) groups is 1. The zero-order chi connectivity index (χ0) is 36.2. The number of aromatic nitrogens is 1. The van der Waals surface area contributed by atoms with Crippen molar-refractivity contribution in [2.75, 3.05) is 32.8 Å². The predicted molar refractivity (Wildman–Crippen MR) is 193 cm³/mol. The van der Waals surface area contributed by atoms with E-state index in [0.29, 0.717) is 39.8 Å². The van der Waals surface area contributed by atoms with Crippen LogP contribution in [0, 0.1) is 18.3 Å². The Morgan fingerprint density at radius 2 is 1.90 bits per heavy atom. The fourth-order valence-electron chi connectivity index (χ4n) is 5.95. The second kappa shape index (κ2) is 18.5. The molecule has 2 heterocycles. The van der Waals surface area contributed by atoms with Crippen molar-refractivity contribution < 1.29 is 34.3 Å². The second-order valence-electron chi connectivity index (χ2n) is 12.6. The lowest BCUT2D eigenvalue weighted by atomic mass is 9.96. The van der Waals surface area contributed by atoms with E-state index < -0.39 is 12.1 Å². The number of aliphatic carboxylic acids is 1. The molecule has 11 nitrogen and oxygen atoms in total. The number of hydrogen-bond donors (Lipinski definition) is 4. The maximum atomic E-state index is 10.9. The molecule has 268 valence electrons. The van der Waals surface area contributed by atoms with E-state index >= 15 is 0 Å². The Balaban J connectivity index is 1.26. The summed E-state index contributed by atoms with van der Waals surface area (Å²) in [6.07, 6.45) is 3.17. The minimum Gasteiger partial charge on any atom is -0.494 e. The van der Waals surface area contributed by atoms with E-state index in [1.54, 1.807) is 24.4 Å². The maximum absolute atomic E-state index is 10.9. The average molecular weight is 715 g/mol. The van der Waals surface area contributed by atoms with Crippen LogP contribution in [0.3, 0.4) is 0 Å². The van der Waals surface area contributed by atoms with Gasteiger partial charge in [0.15, 0.2) is 0 Å². The molecule has 0 amide bonds. The standard InChI is InChI=1S/C39H43ClN4O7/c1-26-30(6-3-8-35(26)29-5-2-7-34(14-29)49-12-4-10-44-11-9-32(45)23-44)25-51-38-17-37(50-24-28-13-27(18-41)19-42-20-28)31(15-36(38)40)21-43-22-33(46)16-39(47)48/h2-3,5-8,13-15,17,19-20,32-33,43,45-46H,4,9-12,16,21-25H2,1H3,(H,47,48)/t32-,33+/m1/s1. The number of β-amino-alcohol motifs (C(OH)–C–C–N with tert-alkyl or cyclic N) is 1. The van der Waals surface area contributed by atoms with Crippen LogP contribution in [0.1, 0.15) is 47.1 Å². The molecule has 3 aromatic carbocycles. The summed E-state index contributed by atoms with van der Waals surface area (Å²) in [6.45, 7) is 5.90. The van der Waals surface area contributed by atoms with Gasteiger partial charge in [-0.1, -0.05) is 41.9 Å². The molecule has 1 saturated heterocycles. The monoisotopic (exact) mass is 714 g/mol. The maximum Gasteiger partial charge on any atom is 0.306 e. The van der Waals surface area contributed by atoms with E-state index in [2.05, 4.69) is 40.3 Å². The van der Waals surface area contributed by atoms with Crippen molar-refractivity contribution in [1.29, 1.82) is 5.26 Å². The third kappa shape index (κ3) is 11.1. The van der Waals surface area contributed by atoms with E-state index in [0.717, 1.165) is 60.5 Å². The Hall–Kier alpha value is -4.70. The molecule has 5 rings (SSSR count). The number of likely N-dealkylation sites (tertiary alicyclic amines) is 1. The molecule has 0 bridgehead atoms. The third-order valence-electron chi connectivity index (χ3n) is 8.65. The van der Waals surface area contributed by atoms with Gasteiger partial charge < -0.3 is 39.7 Å². The van der Waals surface area contributed by atoms with Gasteiger partial charge >= 0.3 is 5.97 Å². The summed E-state index contributed by atoms with van der Waals surface area (Å²) in [5.41, 5.74) is 5.91. The zero-order valence-corrected chi connectivity index (χ0v) is 29.3. The fraction of sp³-hybridized carbons (Fsp3) is 0.359. The zero-order valence-electron chi connectivity index (χ0n) is 28.6. The van der Waals surface area contributed by atoms with Crippen molar-refractivity contribution in [3.63, 3.8) is 0 Å². The van der Waals surface area contributed by atoms with Crippen LogP contribution in [0.15, 0.2) is 73.1 Å². The van der Waals surface area contributed by atoms with Gasteiger partial charge in [-0.15, -0.1) is 0 Å². The Kier molecular flexibility index (Phi) is 13.6. The summed E-state index contributed by atoms with van der Waals surface area (Å²) >= 11 is 6.71. The van der Waals surface area contributed by atoms with Gasteiger partial charge in [-0.2, -0.15) is 5.26 Å². The molecule has 0 radical (unpaired) electrons. The number of ether oxygens (including phenoxy) is 3. The Morgan fingerprint density at radius 1 is 1.08 bits per heavy atom. The smallest absolute Gasteiger partial charge is 0.306 e. The van der Waals surface area contributed by atoms with Crippen LogP contribution in [0.5, 0.6) is 17.2 Å². The number of hydrogen-bond acceptors (Lipinski definition) is 10. The fourth-order valence-corrected chi connectivity index (χ4v) is 6.19. The van der Waals surface area contributed by atoms with Gasteiger partial charge in [0.1, 0.15) is 36.5 Å². The lowest BCUT2D eigenvalue weighted by Gasteiger charge is -2.18. The van der Waals surface area contributed by atoms with Crippen molar-refractivity contribution in [2.24, 2.45) is 0 Å². The highest BCUT2D eigenvalue weighted by atomic mass is 35.5. The van der Waals surface area contributed by atoms with Gasteiger partial charge in [0.25, 0.3) is 0 Å². The molecule has 0 unspecified atom stereocenters. The number of nitrogens with zero attached hydrogens (tertiary/aromatic N) is 3. The number of carboxylic acids is 1. The van der Waals surface area contributed by atoms with Gasteiger partial charge in [-0.25, -0.2) is 0 Å². The van der Waals surface area contributed by atoms with E-state index in [9.17, 15) is 20.3 Å². The first kappa shape index (κ1) is 37.6. The van der Waals surface area contributed by atoms with E-state index in [4.69, 9.17) is 30.9 Å². The van der Waals surface area contributed by atoms with E-state index in [1.807, 2.05) is 30.3 Å². The summed E-state index contributed by atoms with van der Waals surface area (Å²) in [7, 11) is 0. The first-order valence-electron chi connectivity index (χ1n) is 16.9. The highest BCUT2D eigenvalue weighted by Gasteiger charge is 2.19. The summed E-state index contributed by atoms with van der Waals surface area (Å²) in [6, 6.07) is 21.3. The van der Waals surface area contributed by atoms with E-state index in [-0.39, 0.29) is 38.8 Å². The van der Waals surface area contributed by atoms with Crippen LogP contribution in [0.2, 0.25) is 5.02 Å². The Labute approximate surface area is 303 Å². The number of pyridine rings is 1. The lowest BCUT2D eigenvalue weighted by molar-refractivity contribution is -0.139. The third-order valence-corrected chi connectivity index (χ3v) is 8.94. The average Bonchev–Trinajstić information content (AvgIpc) is 3.54. The minimum atomic E-state index is -1.09. The number of halogens is 1. The number of carboxylic acid groups (broad SMARTS) is 1. The quantitative estimate of drug-likeness (QED) is 0.0965. The van der Waals surface area contributed by atoms with Crippen LogP contribution >= 0.6 is 11.6 Å². The molecule has 0 aliphatic carbocycles. The van der Waals surface area contributed by atoms with Crippen molar-refractivity contribution in [1.82, 2.24) is 15.2 Å². The van der Waals surface area contributed by atoms with Crippen molar-refractivity contribution >= 4 is 17.6 Å². The SMILES string of the molecule is Cc1c(COc2cc(OCc3cncc(C#N)c3)c(CNC[C@@H](O)CC(=O)O)cc2Cl)cccc1-c1cccc(OCCCN2CC[C@@H](O)C2)c1. The van der Waals surface area contributed by atoms with Crippen LogP contribution in [0.4, 0.5) is 0 Å². The van der Waals surface area contributed by atoms with Crippen LogP contribution in [-0.4, -0.2) is 76.2 Å². The van der Waals surface area contributed by atoms with Gasteiger partial charge in [0, 0.05) is 62.3 Å². The van der Waals surface area contributed by atoms with Crippen LogP contribution in [-0.2, 0) is 24.6 Å². The predicted octanol–water partition coefficient (Wildman–Crippen LogP) is 5.50. The molecule has 4 aromatic rings. The Morgan fingerprint density at radius 3 is 2.69 bits per heavy atom. The molecule has 2 atom stereocenters. The molecular formula is C39H43ClN4O7. The molecule has 4 N–H and O–H groups in total. The molecular weight excluding hydrogens is 672 g/mol. The normalized spacial score (nSPS) is 14.9. The number of nitriles is 1. The van der Waals surface area contributed by atoms with Crippen molar-refractivity contribution in [2.45, 2.75) is 58.2 Å².